The number of nitrogens with zero attached hydrogens (tertiary/aromatic N) is 1. The van der Waals surface area contributed by atoms with Gasteiger partial charge in [-0.2, -0.15) is 0 Å². The minimum atomic E-state index is 0.485. The Balaban J connectivity index is 2.37. The Morgan fingerprint density at radius 1 is 1.57 bits per heavy atom. The third-order valence-electron chi connectivity index (χ3n) is 1.85. The van der Waals surface area contributed by atoms with Crippen LogP contribution in [0.5, 0.6) is 0 Å². The summed E-state index contributed by atoms with van der Waals surface area (Å²) >= 11 is 0. The van der Waals surface area contributed by atoms with Crippen molar-refractivity contribution in [2.24, 2.45) is 5.92 Å². The molecular formula is C10H18N2O2. The Kier molecular flexibility index (Phi) is 4.62. The van der Waals surface area contributed by atoms with Crippen LogP contribution in [0.4, 0.5) is 0 Å². The maximum atomic E-state index is 5.19. The van der Waals surface area contributed by atoms with Gasteiger partial charge in [-0.3, -0.25) is 0 Å². The molecule has 4 nitrogen and oxygen atoms in total. The molecule has 0 amide bonds. The molecule has 1 aromatic heterocycles. The molecule has 1 aromatic rings. The van der Waals surface area contributed by atoms with Crippen molar-refractivity contribution in [3.05, 3.63) is 17.8 Å². The van der Waals surface area contributed by atoms with Crippen LogP contribution in [0.15, 0.2) is 10.8 Å². The van der Waals surface area contributed by atoms with Gasteiger partial charge in [-0.15, -0.1) is 0 Å². The van der Waals surface area contributed by atoms with Crippen molar-refractivity contribution in [1.82, 2.24) is 10.3 Å². The molecule has 1 N–H and O–H groups in total. The molecule has 80 valence electrons. The van der Waals surface area contributed by atoms with E-state index >= 15 is 0 Å². The predicted molar refractivity (Wildman–Crippen MR) is 53.8 cm³/mol. The topological polar surface area (TPSA) is 47.3 Å². The lowest BCUT2D eigenvalue weighted by Gasteiger charge is -2.06. The Labute approximate surface area is 84.7 Å². The molecule has 0 spiro atoms. The smallest absolute Gasteiger partial charge is 0.181 e. The number of ether oxygens (including phenoxy) is 1. The molecule has 0 aliphatic rings. The molecule has 0 radical (unpaired) electrons. The third kappa shape index (κ3) is 3.47. The van der Waals surface area contributed by atoms with Crippen LogP contribution in [0.25, 0.3) is 0 Å². The molecule has 4 heteroatoms. The zero-order valence-corrected chi connectivity index (χ0v) is 9.04. The van der Waals surface area contributed by atoms with E-state index in [9.17, 15) is 0 Å². The fourth-order valence-corrected chi connectivity index (χ4v) is 1.17. The number of methoxy groups -OCH3 is 1. The first-order chi connectivity index (χ1) is 6.74. The van der Waals surface area contributed by atoms with E-state index < -0.39 is 0 Å². The Morgan fingerprint density at radius 2 is 2.36 bits per heavy atom. The van der Waals surface area contributed by atoms with Gasteiger partial charge in [0.2, 0.25) is 0 Å². The van der Waals surface area contributed by atoms with Crippen molar-refractivity contribution in [1.29, 1.82) is 0 Å². The van der Waals surface area contributed by atoms with Gasteiger partial charge >= 0.3 is 0 Å². The van der Waals surface area contributed by atoms with E-state index in [1.54, 1.807) is 7.11 Å². The summed E-state index contributed by atoms with van der Waals surface area (Å²) in [5, 5.41) is 3.31. The van der Waals surface area contributed by atoms with Gasteiger partial charge in [0.15, 0.2) is 12.2 Å². The van der Waals surface area contributed by atoms with Crippen molar-refractivity contribution < 1.29 is 9.15 Å². The average molecular weight is 198 g/mol. The predicted octanol–water partition coefficient (Wildman–Crippen LogP) is 1.57. The highest BCUT2D eigenvalue weighted by Crippen LogP contribution is 2.07. The SMILES string of the molecule is COCc1ocnc1CNCC(C)C. The van der Waals surface area contributed by atoms with Crippen LogP contribution in [0.2, 0.25) is 0 Å². The number of hydrogen-bond acceptors (Lipinski definition) is 4. The number of rotatable bonds is 6. The van der Waals surface area contributed by atoms with Crippen molar-refractivity contribution in [3.8, 4) is 0 Å². The lowest BCUT2D eigenvalue weighted by molar-refractivity contribution is 0.163. The molecule has 0 saturated heterocycles. The molecule has 0 atom stereocenters. The van der Waals surface area contributed by atoms with Gasteiger partial charge in [-0.25, -0.2) is 4.98 Å². The minimum absolute atomic E-state index is 0.485. The fourth-order valence-electron chi connectivity index (χ4n) is 1.17. The molecule has 0 aromatic carbocycles. The molecule has 1 rings (SSSR count). The van der Waals surface area contributed by atoms with Crippen molar-refractivity contribution in [3.63, 3.8) is 0 Å². The third-order valence-corrected chi connectivity index (χ3v) is 1.85. The highest BCUT2D eigenvalue weighted by Gasteiger charge is 2.06. The molecule has 0 aliphatic carbocycles. The lowest BCUT2D eigenvalue weighted by Crippen LogP contribution is -2.19. The van der Waals surface area contributed by atoms with E-state index in [1.807, 2.05) is 0 Å². The summed E-state index contributed by atoms with van der Waals surface area (Å²) in [6.45, 7) is 6.56. The highest BCUT2D eigenvalue weighted by molar-refractivity contribution is 5.05. The normalized spacial score (nSPS) is 11.1. The second kappa shape index (κ2) is 5.78. The summed E-state index contributed by atoms with van der Waals surface area (Å²) in [6.07, 6.45) is 1.46. The van der Waals surface area contributed by atoms with Gasteiger partial charge < -0.3 is 14.5 Å². The zero-order chi connectivity index (χ0) is 10.4. The van der Waals surface area contributed by atoms with Gasteiger partial charge in [0.05, 0.1) is 5.69 Å². The summed E-state index contributed by atoms with van der Waals surface area (Å²) < 4.78 is 10.2. The van der Waals surface area contributed by atoms with Gasteiger partial charge in [-0.05, 0) is 12.5 Å². The standard InChI is InChI=1S/C10H18N2O2/c1-8(2)4-11-5-9-10(6-13-3)14-7-12-9/h7-8,11H,4-6H2,1-3H3. The summed E-state index contributed by atoms with van der Waals surface area (Å²) in [7, 11) is 1.65. The van der Waals surface area contributed by atoms with E-state index in [2.05, 4.69) is 24.1 Å². The van der Waals surface area contributed by atoms with Crippen molar-refractivity contribution >= 4 is 0 Å². The number of aromatic nitrogens is 1. The fraction of sp³-hybridized carbons (Fsp3) is 0.700. The Morgan fingerprint density at radius 3 is 3.00 bits per heavy atom. The molecule has 1 heterocycles. The summed E-state index contributed by atoms with van der Waals surface area (Å²) in [6, 6.07) is 0. The second-order valence-electron chi connectivity index (χ2n) is 3.68. The van der Waals surface area contributed by atoms with Crippen molar-refractivity contribution in [2.45, 2.75) is 27.0 Å². The van der Waals surface area contributed by atoms with Crippen LogP contribution in [0, 0.1) is 5.92 Å². The van der Waals surface area contributed by atoms with Crippen LogP contribution in [-0.4, -0.2) is 18.6 Å². The summed E-state index contributed by atoms with van der Waals surface area (Å²) in [5.41, 5.74) is 0.938. The number of hydrogen-bond donors (Lipinski definition) is 1. The first kappa shape index (κ1) is 11.2. The lowest BCUT2D eigenvalue weighted by atomic mass is 10.2. The van der Waals surface area contributed by atoms with E-state index in [4.69, 9.17) is 9.15 Å². The molecular weight excluding hydrogens is 180 g/mol. The monoisotopic (exact) mass is 198 g/mol. The van der Waals surface area contributed by atoms with E-state index in [0.717, 1.165) is 24.5 Å². The molecule has 0 aliphatic heterocycles. The molecule has 0 saturated carbocycles. The van der Waals surface area contributed by atoms with Gasteiger partial charge in [0, 0.05) is 13.7 Å². The van der Waals surface area contributed by atoms with Crippen LogP contribution in [-0.2, 0) is 17.9 Å². The van der Waals surface area contributed by atoms with Crippen LogP contribution < -0.4 is 5.32 Å². The van der Waals surface area contributed by atoms with E-state index in [1.165, 1.54) is 6.39 Å². The average Bonchev–Trinajstić information content (AvgIpc) is 2.53. The molecule has 0 unspecified atom stereocenters. The van der Waals surface area contributed by atoms with Crippen LogP contribution in [0.1, 0.15) is 25.3 Å². The van der Waals surface area contributed by atoms with Gasteiger partial charge in [0.25, 0.3) is 0 Å². The zero-order valence-electron chi connectivity index (χ0n) is 9.04. The molecule has 0 fully saturated rings. The first-order valence-electron chi connectivity index (χ1n) is 4.85. The van der Waals surface area contributed by atoms with E-state index in [-0.39, 0.29) is 0 Å². The highest BCUT2D eigenvalue weighted by atomic mass is 16.5. The summed E-state index contributed by atoms with van der Waals surface area (Å²) in [5.74, 6) is 1.46. The Hall–Kier alpha value is -0.870. The van der Waals surface area contributed by atoms with Crippen LogP contribution in [0.3, 0.4) is 0 Å². The number of oxazole rings is 1. The molecule has 0 bridgehead atoms. The van der Waals surface area contributed by atoms with E-state index in [0.29, 0.717) is 12.5 Å². The van der Waals surface area contributed by atoms with Crippen LogP contribution >= 0.6 is 0 Å². The Bertz CT molecular complexity index is 258. The quantitative estimate of drug-likeness (QED) is 0.753. The minimum Gasteiger partial charge on any atom is -0.446 e. The van der Waals surface area contributed by atoms with Gasteiger partial charge in [0.1, 0.15) is 6.61 Å². The largest absolute Gasteiger partial charge is 0.446 e. The maximum absolute atomic E-state index is 5.19. The molecule has 14 heavy (non-hydrogen) atoms. The van der Waals surface area contributed by atoms with Crippen molar-refractivity contribution in [2.75, 3.05) is 13.7 Å². The summed E-state index contributed by atoms with van der Waals surface area (Å²) in [4.78, 5) is 4.12. The number of nitrogens with one attached hydrogen (secondary N) is 1. The van der Waals surface area contributed by atoms with Gasteiger partial charge in [-0.1, -0.05) is 13.8 Å². The first-order valence-corrected chi connectivity index (χ1v) is 4.85. The second-order valence-corrected chi connectivity index (χ2v) is 3.68. The maximum Gasteiger partial charge on any atom is 0.181 e.